The van der Waals surface area contributed by atoms with Crippen molar-refractivity contribution in [3.8, 4) is 0 Å². The van der Waals surface area contributed by atoms with Crippen molar-refractivity contribution in [1.82, 2.24) is 5.32 Å². The molecule has 1 amide bonds. The van der Waals surface area contributed by atoms with Crippen molar-refractivity contribution in [3.05, 3.63) is 109 Å². The highest BCUT2D eigenvalue weighted by Crippen LogP contribution is 2.43. The van der Waals surface area contributed by atoms with E-state index in [-0.39, 0.29) is 25.5 Å². The molecule has 3 unspecified atom stereocenters. The number of aliphatic hydroxyl groups is 1. The molecule has 0 aliphatic carbocycles. The van der Waals surface area contributed by atoms with Crippen molar-refractivity contribution >= 4 is 13.7 Å². The standard InChI is InChI=1S/C43H71N2O6P/c1-6-8-10-12-14-16-17-18-19-20-21-22-23-24-25-26-27-29-31-33-35-37-43(47)44-41(40-51-52(48,49)50-39-38-45(3,4)5)42(46)36-34-32-30-28-15-13-11-9-7-2/h7-10,14-16,18-19,21-22,24-25,27-29,34,36,41-42,46H,6,11-13,17,20,23,26,30-33,35,37-40H2,1-5H3,(H-,44,47,48,49)/p+1/b9-7+,10-8-,16-14-,19-18-,22-21-,25-24-,28-15+,29-27-,36-34+. The zero-order valence-electron chi connectivity index (χ0n) is 33.0. The van der Waals surface area contributed by atoms with E-state index >= 15 is 0 Å². The molecular formula is C43H72N2O6P+. The molecule has 0 spiro atoms. The molecule has 0 bridgehead atoms. The van der Waals surface area contributed by atoms with Gasteiger partial charge < -0.3 is 19.8 Å². The fraction of sp³-hybridized carbons (Fsp3) is 0.558. The zero-order chi connectivity index (χ0) is 38.6. The minimum absolute atomic E-state index is 0.0375. The topological polar surface area (TPSA) is 105 Å². The summed E-state index contributed by atoms with van der Waals surface area (Å²) in [4.78, 5) is 22.9. The molecule has 0 saturated heterocycles. The number of rotatable bonds is 32. The molecule has 9 heteroatoms. The van der Waals surface area contributed by atoms with Gasteiger partial charge in [0.25, 0.3) is 0 Å². The fourth-order valence-corrected chi connectivity index (χ4v) is 5.23. The van der Waals surface area contributed by atoms with E-state index in [1.165, 1.54) is 0 Å². The summed E-state index contributed by atoms with van der Waals surface area (Å²) < 4.78 is 23.3. The van der Waals surface area contributed by atoms with Crippen LogP contribution >= 0.6 is 7.82 Å². The number of unbranched alkanes of at least 4 members (excludes halogenated alkanes) is 4. The summed E-state index contributed by atoms with van der Waals surface area (Å²) in [5.41, 5.74) is 0. The number of hydrogen-bond acceptors (Lipinski definition) is 5. The first-order valence-electron chi connectivity index (χ1n) is 19.2. The largest absolute Gasteiger partial charge is 0.472 e. The number of nitrogens with zero attached hydrogens (tertiary/aromatic N) is 1. The number of quaternary nitrogens is 1. The molecule has 0 heterocycles. The van der Waals surface area contributed by atoms with Crippen LogP contribution in [0, 0.1) is 0 Å². The summed E-state index contributed by atoms with van der Waals surface area (Å²) in [6.07, 6.45) is 49.0. The van der Waals surface area contributed by atoms with Crippen molar-refractivity contribution in [2.75, 3.05) is 40.9 Å². The van der Waals surface area contributed by atoms with E-state index in [1.54, 1.807) is 6.08 Å². The quantitative estimate of drug-likeness (QED) is 0.0274. The summed E-state index contributed by atoms with van der Waals surface area (Å²) in [7, 11) is 1.49. The lowest BCUT2D eigenvalue weighted by molar-refractivity contribution is -0.870. The number of nitrogens with one attached hydrogen (secondary N) is 1. The van der Waals surface area contributed by atoms with Gasteiger partial charge in [-0.3, -0.25) is 13.8 Å². The van der Waals surface area contributed by atoms with Crippen LogP contribution in [0.3, 0.4) is 0 Å². The molecule has 3 N–H and O–H groups in total. The Morgan fingerprint density at radius 1 is 0.692 bits per heavy atom. The Bertz CT molecular complexity index is 1210. The normalized spacial score (nSPS) is 15.8. The fourth-order valence-electron chi connectivity index (χ4n) is 4.49. The number of likely N-dealkylation sites (N-methyl/N-ethyl adjacent to an activating group) is 1. The van der Waals surface area contributed by atoms with Crippen LogP contribution in [-0.4, -0.2) is 73.4 Å². The maximum Gasteiger partial charge on any atom is 0.472 e. The molecule has 52 heavy (non-hydrogen) atoms. The SMILES string of the molecule is C/C=C/CC/C=C/CC/C=C/C(O)C(COP(=O)(O)OCC[N+](C)(C)C)NC(=O)CCCC/C=C\C/C=C\C/C=C\C/C=C\C/C=C\C/C=C\CC. The van der Waals surface area contributed by atoms with E-state index < -0.39 is 20.0 Å². The van der Waals surface area contributed by atoms with Crippen LogP contribution in [0.25, 0.3) is 0 Å². The second-order valence-electron chi connectivity index (χ2n) is 13.6. The second-order valence-corrected chi connectivity index (χ2v) is 15.0. The Morgan fingerprint density at radius 2 is 1.17 bits per heavy atom. The van der Waals surface area contributed by atoms with E-state index in [9.17, 15) is 19.4 Å². The zero-order valence-corrected chi connectivity index (χ0v) is 33.9. The lowest BCUT2D eigenvalue weighted by atomic mass is 10.1. The minimum atomic E-state index is -4.36. The Labute approximate surface area is 317 Å². The van der Waals surface area contributed by atoms with Crippen LogP contribution in [0.4, 0.5) is 0 Å². The lowest BCUT2D eigenvalue weighted by Crippen LogP contribution is -2.45. The van der Waals surface area contributed by atoms with Crippen LogP contribution in [0.5, 0.6) is 0 Å². The third-order valence-corrected chi connectivity index (χ3v) is 8.53. The number of phosphoric ester groups is 1. The first-order valence-corrected chi connectivity index (χ1v) is 20.7. The third kappa shape index (κ3) is 35.6. The molecule has 8 nitrogen and oxygen atoms in total. The van der Waals surface area contributed by atoms with Gasteiger partial charge in [-0.15, -0.1) is 0 Å². The van der Waals surface area contributed by atoms with E-state index in [2.05, 4.69) is 103 Å². The minimum Gasteiger partial charge on any atom is -0.387 e. The first kappa shape index (κ1) is 49.2. The number of carbonyl (C=O) groups is 1. The molecule has 0 aliphatic heterocycles. The molecule has 0 aromatic carbocycles. The average molecular weight is 744 g/mol. The van der Waals surface area contributed by atoms with Gasteiger partial charge in [-0.1, -0.05) is 116 Å². The summed E-state index contributed by atoms with van der Waals surface area (Å²) in [6, 6.07) is -0.897. The van der Waals surface area contributed by atoms with Crippen LogP contribution in [0.15, 0.2) is 109 Å². The first-order chi connectivity index (χ1) is 25.0. The Balaban J connectivity index is 4.56. The van der Waals surface area contributed by atoms with E-state index in [4.69, 9.17) is 9.05 Å². The number of hydrogen-bond donors (Lipinski definition) is 3. The summed E-state index contributed by atoms with van der Waals surface area (Å²) in [5.74, 6) is -0.244. The molecule has 0 fully saturated rings. The maximum absolute atomic E-state index is 12.8. The van der Waals surface area contributed by atoms with Crippen LogP contribution in [0.1, 0.15) is 104 Å². The summed E-state index contributed by atoms with van der Waals surface area (Å²) >= 11 is 0. The monoisotopic (exact) mass is 744 g/mol. The third-order valence-electron chi connectivity index (χ3n) is 7.55. The molecule has 0 saturated carbocycles. The van der Waals surface area contributed by atoms with Crippen molar-refractivity contribution in [1.29, 1.82) is 0 Å². The number of aliphatic hydroxyl groups excluding tert-OH is 1. The highest BCUT2D eigenvalue weighted by atomic mass is 31.2. The van der Waals surface area contributed by atoms with Crippen molar-refractivity contribution in [2.24, 2.45) is 0 Å². The van der Waals surface area contributed by atoms with Crippen molar-refractivity contribution in [3.63, 3.8) is 0 Å². The molecule has 0 radical (unpaired) electrons. The molecule has 0 rings (SSSR count). The molecule has 0 aromatic heterocycles. The Hall–Kier alpha value is -2.84. The second kappa shape index (κ2) is 34.0. The van der Waals surface area contributed by atoms with Gasteiger partial charge in [-0.25, -0.2) is 4.57 Å². The predicted octanol–water partition coefficient (Wildman–Crippen LogP) is 10.2. The number of amides is 1. The smallest absolute Gasteiger partial charge is 0.387 e. The van der Waals surface area contributed by atoms with E-state index in [0.29, 0.717) is 17.4 Å². The van der Waals surface area contributed by atoms with Gasteiger partial charge in [-0.2, -0.15) is 0 Å². The van der Waals surface area contributed by atoms with Crippen LogP contribution in [0.2, 0.25) is 0 Å². The number of carbonyl (C=O) groups excluding carboxylic acids is 1. The average Bonchev–Trinajstić information content (AvgIpc) is 3.09. The van der Waals surface area contributed by atoms with Crippen molar-refractivity contribution < 1.29 is 32.9 Å². The molecule has 294 valence electrons. The Morgan fingerprint density at radius 3 is 1.69 bits per heavy atom. The van der Waals surface area contributed by atoms with Gasteiger partial charge >= 0.3 is 7.82 Å². The number of phosphoric acid groups is 1. The Kier molecular flexibility index (Phi) is 32.1. The van der Waals surface area contributed by atoms with Crippen LogP contribution < -0.4 is 5.32 Å². The van der Waals surface area contributed by atoms with E-state index in [0.717, 1.165) is 77.0 Å². The van der Waals surface area contributed by atoms with Crippen LogP contribution in [-0.2, 0) is 18.4 Å². The lowest BCUT2D eigenvalue weighted by Gasteiger charge is -2.25. The molecule has 0 aromatic rings. The maximum atomic E-state index is 12.8. The van der Waals surface area contributed by atoms with Gasteiger partial charge in [0, 0.05) is 6.42 Å². The van der Waals surface area contributed by atoms with E-state index in [1.807, 2.05) is 40.2 Å². The molecule has 3 atom stereocenters. The van der Waals surface area contributed by atoms with Crippen molar-refractivity contribution in [2.45, 2.75) is 116 Å². The molecular weight excluding hydrogens is 671 g/mol. The molecule has 0 aliphatic rings. The van der Waals surface area contributed by atoms with Gasteiger partial charge in [0.1, 0.15) is 13.2 Å². The van der Waals surface area contributed by atoms with Gasteiger partial charge in [0.15, 0.2) is 0 Å². The highest BCUT2D eigenvalue weighted by molar-refractivity contribution is 7.47. The predicted molar refractivity (Wildman–Crippen MR) is 221 cm³/mol. The van der Waals surface area contributed by atoms with Gasteiger partial charge in [0.05, 0.1) is 39.9 Å². The van der Waals surface area contributed by atoms with Gasteiger partial charge in [-0.05, 0) is 90.4 Å². The summed E-state index contributed by atoms with van der Waals surface area (Å²) in [6.45, 7) is 4.35. The number of allylic oxidation sites excluding steroid dienone is 17. The summed E-state index contributed by atoms with van der Waals surface area (Å²) in [5, 5.41) is 13.6. The van der Waals surface area contributed by atoms with Gasteiger partial charge in [0.2, 0.25) is 5.91 Å². The highest BCUT2D eigenvalue weighted by Gasteiger charge is 2.27.